The van der Waals surface area contributed by atoms with E-state index in [-0.39, 0.29) is 29.9 Å². The predicted octanol–water partition coefficient (Wildman–Crippen LogP) is -3.56. The molecule has 0 rings (SSSR count). The van der Waals surface area contributed by atoms with Crippen LogP contribution in [-0.4, -0.2) is 12.6 Å². The van der Waals surface area contributed by atoms with Gasteiger partial charge in [0.15, 0.2) is 0 Å². The number of amides is 1. The number of hydrogen-bond acceptors (Lipinski definition) is 2. The van der Waals surface area contributed by atoms with Gasteiger partial charge < -0.3 is 15.2 Å². The molecule has 0 heterocycles. The van der Waals surface area contributed by atoms with Gasteiger partial charge in [-0.15, -0.1) is 5.92 Å². The number of rotatable bonds is 3. The van der Waals surface area contributed by atoms with Gasteiger partial charge in [0, 0.05) is 12.5 Å². The quantitative estimate of drug-likeness (QED) is 0.430. The van der Waals surface area contributed by atoms with Crippen LogP contribution in [0.2, 0.25) is 0 Å². The monoisotopic (exact) mass is 283 g/mol. The van der Waals surface area contributed by atoms with Crippen molar-refractivity contribution >= 4 is 6.09 Å². The van der Waals surface area contributed by atoms with Gasteiger partial charge in [0.2, 0.25) is 24.0 Å². The summed E-state index contributed by atoms with van der Waals surface area (Å²) in [4.78, 5) is 9.95. The molecule has 1 N–H and O–H groups in total. The number of carbonyl (C=O) groups is 1. The molecule has 0 aromatic heterocycles. The van der Waals surface area contributed by atoms with Crippen molar-refractivity contribution in [2.24, 2.45) is 5.92 Å². The van der Waals surface area contributed by atoms with Crippen molar-refractivity contribution < 1.29 is 33.9 Å². The molecular weight excluding hydrogens is 269 g/mol. The van der Waals surface area contributed by atoms with Crippen LogP contribution < -0.4 is 34.4 Å². The van der Waals surface area contributed by atoms with E-state index in [9.17, 15) is 9.90 Å². The Morgan fingerprint density at radius 3 is 2.58 bits per heavy atom. The zero-order valence-electron chi connectivity index (χ0n) is 7.26. The standard InChI is InChI=1S/C8H13NO2.H2I/c1-3-5-7(4-2)6-9-8(10)11;/h7,9H,4,6H2,1-2H3,(H,10,11);1H2/q;+1/p-1. The maximum absolute atomic E-state index is 9.95. The van der Waals surface area contributed by atoms with Crippen LogP contribution in [0.3, 0.4) is 0 Å². The van der Waals surface area contributed by atoms with Crippen molar-refractivity contribution in [2.75, 3.05) is 6.54 Å². The van der Waals surface area contributed by atoms with Gasteiger partial charge in [-0.3, -0.25) is 0 Å². The summed E-state index contributed by atoms with van der Waals surface area (Å²) in [5.41, 5.74) is 0. The smallest absolute Gasteiger partial charge is 0.235 e. The number of nitrogens with one attached hydrogen (secondary N) is 1. The van der Waals surface area contributed by atoms with Crippen molar-refractivity contribution in [3.05, 3.63) is 0 Å². The van der Waals surface area contributed by atoms with Gasteiger partial charge in [0.25, 0.3) is 0 Å². The van der Waals surface area contributed by atoms with Crippen LogP contribution in [0.1, 0.15) is 20.3 Å². The summed E-state index contributed by atoms with van der Waals surface area (Å²) >= 11 is 0. The number of carboxylic acid groups (broad SMARTS) is 1. The Labute approximate surface area is 89.9 Å². The first-order chi connectivity index (χ1) is 5.20. The summed E-state index contributed by atoms with van der Waals surface area (Å²) in [5, 5.41) is 12.1. The van der Waals surface area contributed by atoms with Gasteiger partial charge >= 0.3 is 0 Å². The molecule has 0 bridgehead atoms. The minimum absolute atomic E-state index is 0. The fraction of sp³-hybridized carbons (Fsp3) is 0.625. The lowest BCUT2D eigenvalue weighted by atomic mass is 10.1. The Hall–Kier alpha value is -0.440. The van der Waals surface area contributed by atoms with Crippen LogP contribution in [0.4, 0.5) is 4.79 Å². The first kappa shape index (κ1) is 14.1. The van der Waals surface area contributed by atoms with Crippen molar-refractivity contribution in [1.29, 1.82) is 0 Å². The Balaban J connectivity index is 0. The SMILES string of the molecule is CC#CC(CC)CNC(=O)[O-].[IH2+]. The Morgan fingerprint density at radius 2 is 2.25 bits per heavy atom. The van der Waals surface area contributed by atoms with Crippen molar-refractivity contribution in [3.8, 4) is 11.8 Å². The second kappa shape index (κ2) is 8.65. The van der Waals surface area contributed by atoms with Crippen LogP contribution in [0, 0.1) is 17.8 Å². The predicted molar refractivity (Wildman–Crippen MR) is 43.4 cm³/mol. The fourth-order valence-corrected chi connectivity index (χ4v) is 0.708. The van der Waals surface area contributed by atoms with E-state index in [0.717, 1.165) is 6.42 Å². The highest BCUT2D eigenvalue weighted by atomic mass is 127. The van der Waals surface area contributed by atoms with Gasteiger partial charge in [0.1, 0.15) is 6.09 Å². The molecule has 0 fully saturated rings. The average molecular weight is 283 g/mol. The zero-order valence-corrected chi connectivity index (χ0v) is 9.81. The topological polar surface area (TPSA) is 52.2 Å². The van der Waals surface area contributed by atoms with Crippen LogP contribution in [0.15, 0.2) is 0 Å². The zero-order chi connectivity index (χ0) is 8.69. The molecule has 0 aliphatic carbocycles. The molecule has 0 aliphatic rings. The summed E-state index contributed by atoms with van der Waals surface area (Å²) in [6.45, 7) is 4.06. The first-order valence-corrected chi connectivity index (χ1v) is 3.57. The molecule has 3 nitrogen and oxygen atoms in total. The molecule has 0 aliphatic heterocycles. The highest BCUT2D eigenvalue weighted by Crippen LogP contribution is 1.97. The molecule has 0 aromatic rings. The lowest BCUT2D eigenvalue weighted by molar-refractivity contribution is -0.250. The summed E-state index contributed by atoms with van der Waals surface area (Å²) in [7, 11) is 0. The third kappa shape index (κ3) is 7.66. The van der Waals surface area contributed by atoms with Gasteiger partial charge in [-0.1, -0.05) is 12.8 Å². The molecule has 0 saturated heterocycles. The Morgan fingerprint density at radius 1 is 1.67 bits per heavy atom. The molecule has 0 spiro atoms. The van der Waals surface area contributed by atoms with E-state index < -0.39 is 6.09 Å². The fourth-order valence-electron chi connectivity index (χ4n) is 0.708. The van der Waals surface area contributed by atoms with E-state index in [1.54, 1.807) is 6.92 Å². The van der Waals surface area contributed by atoms with Gasteiger partial charge in [-0.05, 0) is 13.3 Å². The minimum Gasteiger partial charge on any atom is -0.530 e. The van der Waals surface area contributed by atoms with Gasteiger partial charge in [0.05, 0.1) is 0 Å². The minimum atomic E-state index is -1.23. The normalized spacial score (nSPS) is 10.2. The molecule has 1 amide bonds. The second-order valence-electron chi connectivity index (χ2n) is 2.17. The summed E-state index contributed by atoms with van der Waals surface area (Å²) in [6, 6.07) is 0. The highest BCUT2D eigenvalue weighted by Gasteiger charge is 1.99. The van der Waals surface area contributed by atoms with Crippen LogP contribution >= 0.6 is 0 Å². The maximum atomic E-state index is 9.95. The highest BCUT2D eigenvalue weighted by molar-refractivity contribution is 5.61. The molecule has 1 unspecified atom stereocenters. The number of hydrogen-bond donors (Lipinski definition) is 1. The van der Waals surface area contributed by atoms with E-state index in [4.69, 9.17) is 0 Å². The molecule has 70 valence electrons. The van der Waals surface area contributed by atoms with E-state index in [2.05, 4.69) is 17.2 Å². The first-order valence-electron chi connectivity index (χ1n) is 3.57. The van der Waals surface area contributed by atoms with Crippen molar-refractivity contribution in [3.63, 3.8) is 0 Å². The molecule has 1 atom stereocenters. The van der Waals surface area contributed by atoms with E-state index in [1.165, 1.54) is 0 Å². The summed E-state index contributed by atoms with van der Waals surface area (Å²) < 4.78 is 0. The number of halogens is 1. The average Bonchev–Trinajstić information content (AvgIpc) is 1.97. The Kier molecular flexibility index (Phi) is 10.2. The Bertz CT molecular complexity index is 183. The second-order valence-corrected chi connectivity index (χ2v) is 2.17. The lowest BCUT2D eigenvalue weighted by Crippen LogP contribution is -3.00. The van der Waals surface area contributed by atoms with E-state index in [1.807, 2.05) is 6.92 Å². The molecular formula is C8H14INO2. The third-order valence-corrected chi connectivity index (χ3v) is 1.33. The maximum Gasteiger partial charge on any atom is 0.235 e. The van der Waals surface area contributed by atoms with Crippen LogP contribution in [0.25, 0.3) is 0 Å². The summed E-state index contributed by atoms with van der Waals surface area (Å²) in [5.74, 6) is 5.73. The van der Waals surface area contributed by atoms with E-state index >= 15 is 0 Å². The van der Waals surface area contributed by atoms with Crippen LogP contribution in [-0.2, 0) is 0 Å². The van der Waals surface area contributed by atoms with Gasteiger partial charge in [-0.25, -0.2) is 0 Å². The number of carbonyl (C=O) groups excluding carboxylic acids is 1. The van der Waals surface area contributed by atoms with E-state index in [0.29, 0.717) is 6.54 Å². The third-order valence-electron chi connectivity index (χ3n) is 1.33. The largest absolute Gasteiger partial charge is 0.530 e. The lowest BCUT2D eigenvalue weighted by Gasteiger charge is -2.10. The molecule has 0 radical (unpaired) electrons. The molecule has 12 heavy (non-hydrogen) atoms. The van der Waals surface area contributed by atoms with Crippen LogP contribution in [0.5, 0.6) is 0 Å². The molecule has 0 saturated carbocycles. The van der Waals surface area contributed by atoms with Gasteiger partial charge in [-0.2, -0.15) is 0 Å². The molecule has 0 aromatic carbocycles. The van der Waals surface area contributed by atoms with Crippen molar-refractivity contribution in [2.45, 2.75) is 20.3 Å². The molecule has 4 heteroatoms. The summed E-state index contributed by atoms with van der Waals surface area (Å²) in [6.07, 6.45) is -0.387. The van der Waals surface area contributed by atoms with Crippen molar-refractivity contribution in [1.82, 2.24) is 5.32 Å².